The number of hydrogen-bond acceptors (Lipinski definition) is 3. The van der Waals surface area contributed by atoms with E-state index < -0.39 is 0 Å². The number of benzene rings is 1. The van der Waals surface area contributed by atoms with Crippen LogP contribution in [0.1, 0.15) is 16.8 Å². The summed E-state index contributed by atoms with van der Waals surface area (Å²) in [5, 5.41) is 4.25. The molecule has 4 nitrogen and oxygen atoms in total. The summed E-state index contributed by atoms with van der Waals surface area (Å²) in [7, 11) is 1.61. The summed E-state index contributed by atoms with van der Waals surface area (Å²) in [4.78, 5) is 0.341. The van der Waals surface area contributed by atoms with Gasteiger partial charge in [0.1, 0.15) is 10.7 Å². The minimum atomic E-state index is 0.341. The SMILES string of the molecule is COc1cc(Cn2nccc2C)ccc1C(N)=S. The number of nitrogens with two attached hydrogens (primary N) is 1. The molecule has 1 heterocycles. The molecule has 0 amide bonds. The molecule has 1 aromatic carbocycles. The van der Waals surface area contributed by atoms with E-state index >= 15 is 0 Å². The first-order chi connectivity index (χ1) is 8.61. The Labute approximate surface area is 111 Å². The van der Waals surface area contributed by atoms with Crippen LogP contribution in [0.2, 0.25) is 0 Å². The predicted octanol–water partition coefficient (Wildman–Crippen LogP) is 1.88. The lowest BCUT2D eigenvalue weighted by molar-refractivity contribution is 0.413. The first-order valence-electron chi connectivity index (χ1n) is 5.57. The zero-order chi connectivity index (χ0) is 13.1. The maximum absolute atomic E-state index is 5.63. The van der Waals surface area contributed by atoms with Crippen molar-refractivity contribution in [1.29, 1.82) is 0 Å². The van der Waals surface area contributed by atoms with Crippen LogP contribution in [0.25, 0.3) is 0 Å². The molecule has 0 unspecified atom stereocenters. The molecule has 0 saturated carbocycles. The van der Waals surface area contributed by atoms with Gasteiger partial charge in [-0.15, -0.1) is 0 Å². The molecule has 0 aliphatic rings. The molecule has 0 saturated heterocycles. The smallest absolute Gasteiger partial charge is 0.129 e. The number of methoxy groups -OCH3 is 1. The standard InChI is InChI=1S/C13H15N3OS/c1-9-5-6-15-16(9)8-10-3-4-11(13(14)18)12(7-10)17-2/h3-7H,8H2,1-2H3,(H2,14,18). The average Bonchev–Trinajstić information content (AvgIpc) is 2.74. The highest BCUT2D eigenvalue weighted by atomic mass is 32.1. The quantitative estimate of drug-likeness (QED) is 0.854. The summed E-state index contributed by atoms with van der Waals surface area (Å²) in [5.41, 5.74) is 8.61. The maximum Gasteiger partial charge on any atom is 0.129 e. The van der Waals surface area contributed by atoms with Crippen molar-refractivity contribution in [2.75, 3.05) is 7.11 Å². The predicted molar refractivity (Wildman–Crippen MR) is 74.9 cm³/mol. The van der Waals surface area contributed by atoms with Crippen LogP contribution in [-0.2, 0) is 6.54 Å². The third-order valence-electron chi connectivity index (χ3n) is 2.79. The fourth-order valence-corrected chi connectivity index (χ4v) is 1.94. The Morgan fingerprint density at radius 3 is 2.78 bits per heavy atom. The van der Waals surface area contributed by atoms with E-state index in [4.69, 9.17) is 22.7 Å². The molecule has 0 bridgehead atoms. The van der Waals surface area contributed by atoms with Gasteiger partial charge in [-0.05, 0) is 30.7 Å². The molecule has 5 heteroatoms. The van der Waals surface area contributed by atoms with Gasteiger partial charge < -0.3 is 10.5 Å². The Morgan fingerprint density at radius 1 is 1.44 bits per heavy atom. The molecule has 18 heavy (non-hydrogen) atoms. The molecule has 0 aliphatic carbocycles. The Balaban J connectivity index is 2.30. The summed E-state index contributed by atoms with van der Waals surface area (Å²) in [6.07, 6.45) is 1.79. The van der Waals surface area contributed by atoms with Crippen molar-refractivity contribution in [3.05, 3.63) is 47.3 Å². The van der Waals surface area contributed by atoms with E-state index in [1.807, 2.05) is 35.9 Å². The normalized spacial score (nSPS) is 10.3. The van der Waals surface area contributed by atoms with Crippen molar-refractivity contribution in [1.82, 2.24) is 9.78 Å². The summed E-state index contributed by atoms with van der Waals surface area (Å²) >= 11 is 4.98. The van der Waals surface area contributed by atoms with Gasteiger partial charge in [0.25, 0.3) is 0 Å². The van der Waals surface area contributed by atoms with Crippen LogP contribution in [-0.4, -0.2) is 21.9 Å². The second kappa shape index (κ2) is 5.18. The van der Waals surface area contributed by atoms with Gasteiger partial charge >= 0.3 is 0 Å². The first kappa shape index (κ1) is 12.6. The number of aryl methyl sites for hydroxylation is 1. The van der Waals surface area contributed by atoms with Crippen LogP contribution in [0.3, 0.4) is 0 Å². The van der Waals surface area contributed by atoms with Crippen LogP contribution < -0.4 is 10.5 Å². The van der Waals surface area contributed by atoms with Crippen LogP contribution in [0.15, 0.2) is 30.5 Å². The average molecular weight is 261 g/mol. The van der Waals surface area contributed by atoms with E-state index in [9.17, 15) is 0 Å². The first-order valence-corrected chi connectivity index (χ1v) is 5.98. The molecule has 2 aromatic rings. The van der Waals surface area contributed by atoms with Gasteiger partial charge in [-0.3, -0.25) is 4.68 Å². The number of hydrogen-bond donors (Lipinski definition) is 1. The zero-order valence-corrected chi connectivity index (χ0v) is 11.2. The summed E-state index contributed by atoms with van der Waals surface area (Å²) in [5.74, 6) is 0.699. The Kier molecular flexibility index (Phi) is 3.62. The van der Waals surface area contributed by atoms with E-state index in [0.717, 1.165) is 16.8 Å². The minimum Gasteiger partial charge on any atom is -0.496 e. The number of aromatic nitrogens is 2. The monoisotopic (exact) mass is 261 g/mol. The molecule has 2 N–H and O–H groups in total. The molecular formula is C13H15N3OS. The van der Waals surface area contributed by atoms with Crippen molar-refractivity contribution in [2.45, 2.75) is 13.5 Å². The molecule has 0 radical (unpaired) electrons. The molecule has 1 aromatic heterocycles. The van der Waals surface area contributed by atoms with Crippen molar-refractivity contribution in [3.8, 4) is 5.75 Å². The van der Waals surface area contributed by atoms with E-state index in [2.05, 4.69) is 5.10 Å². The fourth-order valence-electron chi connectivity index (χ4n) is 1.77. The maximum atomic E-state index is 5.63. The lowest BCUT2D eigenvalue weighted by Gasteiger charge is -2.10. The summed E-state index contributed by atoms with van der Waals surface area (Å²) < 4.78 is 7.23. The topological polar surface area (TPSA) is 53.1 Å². The molecule has 0 aliphatic heterocycles. The highest BCUT2D eigenvalue weighted by molar-refractivity contribution is 7.80. The van der Waals surface area contributed by atoms with Crippen LogP contribution in [0.4, 0.5) is 0 Å². The number of rotatable bonds is 4. The Hall–Kier alpha value is -1.88. The third-order valence-corrected chi connectivity index (χ3v) is 3.01. The Morgan fingerprint density at radius 2 is 2.22 bits per heavy atom. The number of ether oxygens (including phenoxy) is 1. The minimum absolute atomic E-state index is 0.341. The van der Waals surface area contributed by atoms with E-state index in [1.165, 1.54) is 0 Å². The van der Waals surface area contributed by atoms with Gasteiger partial charge in [0.05, 0.1) is 19.2 Å². The highest BCUT2D eigenvalue weighted by Crippen LogP contribution is 2.20. The van der Waals surface area contributed by atoms with Gasteiger partial charge in [-0.25, -0.2) is 0 Å². The van der Waals surface area contributed by atoms with E-state index in [1.54, 1.807) is 13.3 Å². The molecule has 94 valence electrons. The number of nitrogens with zero attached hydrogens (tertiary/aromatic N) is 2. The van der Waals surface area contributed by atoms with Crippen LogP contribution in [0, 0.1) is 6.92 Å². The van der Waals surface area contributed by atoms with Crippen LogP contribution >= 0.6 is 12.2 Å². The van der Waals surface area contributed by atoms with Crippen molar-refractivity contribution < 1.29 is 4.74 Å². The van der Waals surface area contributed by atoms with Gasteiger partial charge in [0, 0.05) is 11.9 Å². The molecule has 2 rings (SSSR count). The van der Waals surface area contributed by atoms with Gasteiger partial charge in [0.15, 0.2) is 0 Å². The van der Waals surface area contributed by atoms with Gasteiger partial charge in [-0.2, -0.15) is 5.10 Å². The number of thiocarbonyl (C=S) groups is 1. The van der Waals surface area contributed by atoms with Crippen molar-refractivity contribution >= 4 is 17.2 Å². The lowest BCUT2D eigenvalue weighted by atomic mass is 10.1. The zero-order valence-electron chi connectivity index (χ0n) is 10.4. The second-order valence-corrected chi connectivity index (χ2v) is 4.47. The highest BCUT2D eigenvalue weighted by Gasteiger charge is 2.07. The molecule has 0 spiro atoms. The second-order valence-electron chi connectivity index (χ2n) is 4.03. The van der Waals surface area contributed by atoms with Gasteiger partial charge in [0.2, 0.25) is 0 Å². The largest absolute Gasteiger partial charge is 0.496 e. The van der Waals surface area contributed by atoms with Gasteiger partial charge in [-0.1, -0.05) is 18.3 Å². The lowest BCUT2D eigenvalue weighted by Crippen LogP contribution is -2.12. The summed E-state index contributed by atoms with van der Waals surface area (Å²) in [6.45, 7) is 2.72. The Bertz CT molecular complexity index is 577. The molecule has 0 atom stereocenters. The van der Waals surface area contributed by atoms with Crippen LogP contribution in [0.5, 0.6) is 5.75 Å². The van der Waals surface area contributed by atoms with E-state index in [-0.39, 0.29) is 0 Å². The van der Waals surface area contributed by atoms with E-state index in [0.29, 0.717) is 17.3 Å². The third kappa shape index (κ3) is 2.51. The van der Waals surface area contributed by atoms with Crippen molar-refractivity contribution in [3.63, 3.8) is 0 Å². The fraction of sp³-hybridized carbons (Fsp3) is 0.231. The molecular weight excluding hydrogens is 246 g/mol. The summed E-state index contributed by atoms with van der Waals surface area (Å²) in [6, 6.07) is 7.78. The molecule has 0 fully saturated rings. The van der Waals surface area contributed by atoms with Crippen molar-refractivity contribution in [2.24, 2.45) is 5.73 Å².